The summed E-state index contributed by atoms with van der Waals surface area (Å²) in [4.78, 5) is 12.7. The van der Waals surface area contributed by atoms with Gasteiger partial charge in [0.25, 0.3) is 5.91 Å². The van der Waals surface area contributed by atoms with E-state index >= 15 is 0 Å². The molecule has 0 aliphatic rings. The molecule has 0 saturated heterocycles. The first kappa shape index (κ1) is 21.1. The first-order valence-corrected chi connectivity index (χ1v) is 10.8. The van der Waals surface area contributed by atoms with E-state index in [4.69, 9.17) is 4.42 Å². The number of amides is 1. The summed E-state index contributed by atoms with van der Waals surface area (Å²) >= 11 is 0. The van der Waals surface area contributed by atoms with Gasteiger partial charge in [-0.2, -0.15) is 0 Å². The number of hydrogen-bond donors (Lipinski definition) is 1. The van der Waals surface area contributed by atoms with Crippen LogP contribution in [-0.2, 0) is 15.3 Å². The number of carbonyl (C=O) groups is 1. The molecule has 27 heavy (non-hydrogen) atoms. The predicted molar refractivity (Wildman–Crippen MR) is 102 cm³/mol. The maximum Gasteiger partial charge on any atom is 0.335 e. The lowest BCUT2D eigenvalue weighted by Crippen LogP contribution is -2.32. The molecule has 0 spiro atoms. The number of aromatic nitrogens is 2. The molecule has 1 N–H and O–H groups in total. The lowest BCUT2D eigenvalue weighted by Gasteiger charge is -2.22. The SMILES string of the molecule is CC[C@@H](C)[C@H](NC(=O)c1ccc(C(C)(C)C)cc1)c1nnc(S(C)(=O)=O)o1. The van der Waals surface area contributed by atoms with Crippen molar-refractivity contribution >= 4 is 15.7 Å². The van der Waals surface area contributed by atoms with E-state index in [1.165, 1.54) is 0 Å². The average Bonchev–Trinajstić information content (AvgIpc) is 3.08. The lowest BCUT2D eigenvalue weighted by atomic mass is 9.86. The minimum Gasteiger partial charge on any atom is -0.410 e. The number of benzene rings is 1. The highest BCUT2D eigenvalue weighted by atomic mass is 32.2. The first-order chi connectivity index (χ1) is 12.4. The second-order valence-electron chi connectivity index (χ2n) is 7.84. The maximum absolute atomic E-state index is 12.7. The Balaban J connectivity index is 2.26. The fourth-order valence-corrected chi connectivity index (χ4v) is 2.95. The molecule has 1 aromatic carbocycles. The summed E-state index contributed by atoms with van der Waals surface area (Å²) in [6.07, 6.45) is 1.74. The van der Waals surface area contributed by atoms with Crippen LogP contribution in [0.4, 0.5) is 0 Å². The van der Waals surface area contributed by atoms with Crippen molar-refractivity contribution in [2.24, 2.45) is 5.92 Å². The quantitative estimate of drug-likeness (QED) is 0.808. The molecule has 1 amide bonds. The molecule has 0 saturated carbocycles. The fraction of sp³-hybridized carbons (Fsp3) is 0.526. The van der Waals surface area contributed by atoms with E-state index in [2.05, 4.69) is 36.3 Å². The van der Waals surface area contributed by atoms with Gasteiger partial charge in [-0.15, -0.1) is 5.10 Å². The Bertz CT molecular complexity index is 896. The number of sulfone groups is 1. The van der Waals surface area contributed by atoms with Gasteiger partial charge in [-0.3, -0.25) is 4.79 Å². The minimum absolute atomic E-state index is 0.0000688. The van der Waals surface area contributed by atoms with Gasteiger partial charge < -0.3 is 9.73 Å². The van der Waals surface area contributed by atoms with Crippen LogP contribution in [0, 0.1) is 5.92 Å². The third-order valence-corrected chi connectivity index (χ3v) is 5.32. The molecule has 2 aromatic rings. The number of rotatable bonds is 6. The Kier molecular flexibility index (Phi) is 6.09. The van der Waals surface area contributed by atoms with Crippen LogP contribution < -0.4 is 5.32 Å². The Hall–Kier alpha value is -2.22. The fourth-order valence-electron chi connectivity index (χ4n) is 2.53. The van der Waals surface area contributed by atoms with Crippen LogP contribution in [0.5, 0.6) is 0 Å². The van der Waals surface area contributed by atoms with Crippen LogP contribution in [0.1, 0.15) is 68.9 Å². The molecular formula is C19H27N3O4S. The third kappa shape index (κ3) is 5.15. The molecule has 0 aliphatic heterocycles. The molecule has 0 unspecified atom stereocenters. The second-order valence-corrected chi connectivity index (χ2v) is 9.74. The Morgan fingerprint density at radius 2 is 1.78 bits per heavy atom. The summed E-state index contributed by atoms with van der Waals surface area (Å²) in [5.41, 5.74) is 1.64. The van der Waals surface area contributed by atoms with Crippen molar-refractivity contribution in [1.29, 1.82) is 0 Å². The molecule has 0 radical (unpaired) electrons. The molecule has 148 valence electrons. The highest BCUT2D eigenvalue weighted by Crippen LogP contribution is 2.26. The van der Waals surface area contributed by atoms with Gasteiger partial charge >= 0.3 is 5.22 Å². The van der Waals surface area contributed by atoms with Gasteiger partial charge in [0.2, 0.25) is 15.7 Å². The smallest absolute Gasteiger partial charge is 0.335 e. The van der Waals surface area contributed by atoms with Crippen LogP contribution in [0.25, 0.3) is 0 Å². The lowest BCUT2D eigenvalue weighted by molar-refractivity contribution is 0.0911. The van der Waals surface area contributed by atoms with Crippen LogP contribution in [0.2, 0.25) is 0 Å². The standard InChI is InChI=1S/C19H27N3O4S/c1-7-12(2)15(17-21-22-18(26-17)27(6,24)25)20-16(23)13-8-10-14(11-9-13)19(3,4)5/h8-12,15H,7H2,1-6H3,(H,20,23)/t12-,15+/m1/s1. The summed E-state index contributed by atoms with van der Waals surface area (Å²) in [6, 6.07) is 6.84. The van der Waals surface area contributed by atoms with Gasteiger partial charge in [0, 0.05) is 11.8 Å². The molecule has 7 nitrogen and oxygen atoms in total. The third-order valence-electron chi connectivity index (χ3n) is 4.52. The zero-order chi connectivity index (χ0) is 20.4. The van der Waals surface area contributed by atoms with Gasteiger partial charge in [-0.1, -0.05) is 58.3 Å². The summed E-state index contributed by atoms with van der Waals surface area (Å²) in [6.45, 7) is 10.2. The molecule has 1 aromatic heterocycles. The van der Waals surface area contributed by atoms with Crippen LogP contribution in [0.3, 0.4) is 0 Å². The highest BCUT2D eigenvalue weighted by molar-refractivity contribution is 7.90. The largest absolute Gasteiger partial charge is 0.410 e. The number of carbonyl (C=O) groups excluding carboxylic acids is 1. The zero-order valence-corrected chi connectivity index (χ0v) is 17.4. The molecule has 0 aliphatic carbocycles. The second kappa shape index (κ2) is 7.80. The van der Waals surface area contributed by atoms with Gasteiger partial charge in [-0.05, 0) is 29.0 Å². The molecule has 0 bridgehead atoms. The van der Waals surface area contributed by atoms with E-state index in [1.807, 2.05) is 26.0 Å². The van der Waals surface area contributed by atoms with Crippen molar-refractivity contribution in [2.75, 3.05) is 6.26 Å². The molecular weight excluding hydrogens is 366 g/mol. The Labute approximate surface area is 160 Å². The van der Waals surface area contributed by atoms with Crippen molar-refractivity contribution < 1.29 is 17.6 Å². The topological polar surface area (TPSA) is 102 Å². The maximum atomic E-state index is 12.7. The number of hydrogen-bond acceptors (Lipinski definition) is 6. The van der Waals surface area contributed by atoms with Crippen LogP contribution >= 0.6 is 0 Å². The van der Waals surface area contributed by atoms with Crippen molar-refractivity contribution in [3.63, 3.8) is 0 Å². The molecule has 0 fully saturated rings. The van der Waals surface area contributed by atoms with Crippen LogP contribution in [0.15, 0.2) is 33.9 Å². The highest BCUT2D eigenvalue weighted by Gasteiger charge is 2.28. The molecule has 2 rings (SSSR count). The molecule has 8 heteroatoms. The summed E-state index contributed by atoms with van der Waals surface area (Å²) in [5.74, 6) is -0.208. The minimum atomic E-state index is -3.60. The van der Waals surface area contributed by atoms with E-state index in [0.717, 1.165) is 18.2 Å². The van der Waals surface area contributed by atoms with E-state index in [-0.39, 0.29) is 23.1 Å². The predicted octanol–water partition coefficient (Wildman–Crippen LogP) is 3.29. The van der Waals surface area contributed by atoms with Crippen molar-refractivity contribution in [2.45, 2.75) is 57.7 Å². The van der Waals surface area contributed by atoms with E-state index < -0.39 is 21.1 Å². The summed E-state index contributed by atoms with van der Waals surface area (Å²) < 4.78 is 28.5. The first-order valence-electron chi connectivity index (χ1n) is 8.88. The van der Waals surface area contributed by atoms with Crippen molar-refractivity contribution in [1.82, 2.24) is 15.5 Å². The van der Waals surface area contributed by atoms with E-state index in [0.29, 0.717) is 5.56 Å². The average molecular weight is 394 g/mol. The number of nitrogens with zero attached hydrogens (tertiary/aromatic N) is 2. The van der Waals surface area contributed by atoms with Crippen molar-refractivity contribution in [3.8, 4) is 0 Å². The van der Waals surface area contributed by atoms with Gasteiger partial charge in [0.15, 0.2) is 0 Å². The number of nitrogens with one attached hydrogen (secondary N) is 1. The molecule has 2 atom stereocenters. The Morgan fingerprint density at radius 3 is 2.22 bits per heavy atom. The zero-order valence-electron chi connectivity index (χ0n) is 16.6. The monoisotopic (exact) mass is 393 g/mol. The van der Waals surface area contributed by atoms with Gasteiger partial charge in [-0.25, -0.2) is 8.42 Å². The molecule has 1 heterocycles. The van der Waals surface area contributed by atoms with Crippen LogP contribution in [-0.4, -0.2) is 30.8 Å². The van der Waals surface area contributed by atoms with Crippen molar-refractivity contribution in [3.05, 3.63) is 41.3 Å². The Morgan fingerprint density at radius 1 is 1.19 bits per heavy atom. The normalized spacial score (nSPS) is 14.6. The summed E-state index contributed by atoms with van der Waals surface area (Å²) in [5, 5.41) is 9.87. The summed E-state index contributed by atoms with van der Waals surface area (Å²) in [7, 11) is -3.60. The van der Waals surface area contributed by atoms with Gasteiger partial charge in [0.1, 0.15) is 6.04 Å². The van der Waals surface area contributed by atoms with E-state index in [9.17, 15) is 13.2 Å². The van der Waals surface area contributed by atoms with Gasteiger partial charge in [0.05, 0.1) is 0 Å². The van der Waals surface area contributed by atoms with E-state index in [1.54, 1.807) is 12.1 Å².